The SMILES string of the molecule is NN.NN.O=S(=O)([O-])[O-].O=S(=O)([O-])[O-].[Cu+2].[H+].[H+]. The van der Waals surface area contributed by atoms with E-state index in [0.717, 1.165) is 0 Å². The zero-order valence-electron chi connectivity index (χ0n) is 8.69. The van der Waals surface area contributed by atoms with Gasteiger partial charge in [0.25, 0.3) is 0 Å². The molecule has 0 fully saturated rings. The van der Waals surface area contributed by atoms with Crippen LogP contribution >= 0.6 is 0 Å². The van der Waals surface area contributed by atoms with E-state index in [0.29, 0.717) is 0 Å². The number of hydrogen-bond acceptors (Lipinski definition) is 12. The van der Waals surface area contributed by atoms with Gasteiger partial charge in [-0.15, -0.1) is 0 Å². The van der Waals surface area contributed by atoms with E-state index < -0.39 is 20.8 Å². The maximum atomic E-state index is 8.52. The summed E-state index contributed by atoms with van der Waals surface area (Å²) in [5, 5.41) is 0. The quantitative estimate of drug-likeness (QED) is 0.107. The average molecular weight is 322 g/mol. The summed E-state index contributed by atoms with van der Waals surface area (Å²) in [6.07, 6.45) is 0. The van der Waals surface area contributed by atoms with Crippen molar-refractivity contribution in [1.29, 1.82) is 0 Å². The van der Waals surface area contributed by atoms with Gasteiger partial charge in [0.15, 0.2) is 0 Å². The van der Waals surface area contributed by atoms with Crippen LogP contribution in [-0.4, -0.2) is 35.0 Å². The van der Waals surface area contributed by atoms with Crippen LogP contribution in [0, 0.1) is 0 Å². The molecule has 0 aromatic heterocycles. The van der Waals surface area contributed by atoms with Crippen LogP contribution in [0.15, 0.2) is 0 Å². The number of hydrogen-bond donors (Lipinski definition) is 4. The molecule has 1 radical (unpaired) electrons. The van der Waals surface area contributed by atoms with E-state index in [2.05, 4.69) is 23.4 Å². The fraction of sp³-hybridized carbons (Fsp3) is 0. The van der Waals surface area contributed by atoms with Crippen molar-refractivity contribution in [3.05, 3.63) is 0 Å². The molecule has 0 spiro atoms. The summed E-state index contributed by atoms with van der Waals surface area (Å²) >= 11 is 0. The predicted molar refractivity (Wildman–Crippen MR) is 39.9 cm³/mol. The molecule has 8 N–H and O–H groups in total. The molecule has 101 valence electrons. The molecule has 0 atom stereocenters. The van der Waals surface area contributed by atoms with Crippen molar-refractivity contribution in [2.75, 3.05) is 0 Å². The molecule has 15 heteroatoms. The van der Waals surface area contributed by atoms with Gasteiger partial charge in [-0.05, 0) is 0 Å². The molecule has 0 aliphatic heterocycles. The van der Waals surface area contributed by atoms with Crippen LogP contribution in [0.25, 0.3) is 0 Å². The second-order valence-corrected chi connectivity index (χ2v) is 2.45. The number of rotatable bonds is 0. The first-order chi connectivity index (χ1) is 6.00. The Bertz CT molecular complexity index is 230. The van der Waals surface area contributed by atoms with Crippen LogP contribution in [0.3, 0.4) is 0 Å². The van der Waals surface area contributed by atoms with Crippen molar-refractivity contribution in [2.45, 2.75) is 0 Å². The van der Waals surface area contributed by atoms with Crippen molar-refractivity contribution in [3.63, 3.8) is 0 Å². The minimum absolute atomic E-state index is 0. The van der Waals surface area contributed by atoms with Crippen LogP contribution in [0.4, 0.5) is 0 Å². The molecule has 0 unspecified atom stereocenters. The Morgan fingerprint density at radius 2 is 0.667 bits per heavy atom. The van der Waals surface area contributed by atoms with E-state index in [9.17, 15) is 0 Å². The van der Waals surface area contributed by atoms with E-state index in [-0.39, 0.29) is 19.9 Å². The van der Waals surface area contributed by atoms with Gasteiger partial charge in [-0.2, -0.15) is 0 Å². The van der Waals surface area contributed by atoms with Crippen molar-refractivity contribution < 1.29 is 55.0 Å². The standard InChI is InChI=1S/Cu.2H4N2.2H2O4S/c;2*1-2;2*1-5(2,3)4/h;2*1-2H2;2*(H2,1,2,3,4)/q+2;;;;/p-2. The summed E-state index contributed by atoms with van der Waals surface area (Å²) in [7, 11) is -10.3. The van der Waals surface area contributed by atoms with E-state index in [4.69, 9.17) is 35.0 Å². The maximum Gasteiger partial charge on any atom is 2.00 e. The first-order valence-corrected chi connectivity index (χ1v) is 4.67. The molecule has 0 bridgehead atoms. The van der Waals surface area contributed by atoms with Gasteiger partial charge >= 0.3 is 19.9 Å². The Labute approximate surface area is 99.5 Å². The topological polar surface area (TPSA) is 265 Å². The Hall–Kier alpha value is 0.0995. The summed E-state index contributed by atoms with van der Waals surface area (Å²) in [5.41, 5.74) is 0. The molecule has 0 heterocycles. The second kappa shape index (κ2) is 16.5. The van der Waals surface area contributed by atoms with Crippen LogP contribution in [0.5, 0.6) is 0 Å². The molecule has 0 aromatic carbocycles. The third-order valence-corrected chi connectivity index (χ3v) is 0. The fourth-order valence-corrected chi connectivity index (χ4v) is 0. The predicted octanol–water partition coefficient (Wildman–Crippen LogP) is -4.82. The molecule has 0 saturated heterocycles. The Morgan fingerprint density at radius 1 is 0.667 bits per heavy atom. The fourth-order valence-electron chi connectivity index (χ4n) is 0. The van der Waals surface area contributed by atoms with E-state index in [1.165, 1.54) is 0 Å². The van der Waals surface area contributed by atoms with Gasteiger partial charge in [0.05, 0.1) is 0 Å². The maximum absolute atomic E-state index is 8.52. The Balaban J connectivity index is -0.0000000160. The molecular formula is H10CuN4O8S2. The Morgan fingerprint density at radius 3 is 0.667 bits per heavy atom. The third-order valence-electron chi connectivity index (χ3n) is 0. The zero-order valence-corrected chi connectivity index (χ0v) is 9.27. The van der Waals surface area contributed by atoms with Gasteiger partial charge in [0, 0.05) is 20.8 Å². The van der Waals surface area contributed by atoms with Gasteiger partial charge in [0.2, 0.25) is 0 Å². The molecule has 12 nitrogen and oxygen atoms in total. The first kappa shape index (κ1) is 29.4. The van der Waals surface area contributed by atoms with Gasteiger partial charge in [-0.3, -0.25) is 40.2 Å². The second-order valence-electron chi connectivity index (χ2n) is 0.816. The van der Waals surface area contributed by atoms with Gasteiger partial charge in [-0.1, -0.05) is 0 Å². The smallest absolute Gasteiger partial charge is 0.759 e. The summed E-state index contributed by atoms with van der Waals surface area (Å²) < 4.78 is 68.2. The molecule has 0 aliphatic rings. The number of nitrogens with two attached hydrogens (primary N) is 4. The van der Waals surface area contributed by atoms with Crippen molar-refractivity contribution >= 4 is 20.8 Å². The van der Waals surface area contributed by atoms with Gasteiger partial charge < -0.3 is 18.2 Å². The minimum atomic E-state index is -5.17. The van der Waals surface area contributed by atoms with E-state index >= 15 is 0 Å². The summed E-state index contributed by atoms with van der Waals surface area (Å²) in [6, 6.07) is 0. The molecule has 15 heavy (non-hydrogen) atoms. The minimum Gasteiger partial charge on any atom is -0.759 e. The molecule has 0 rings (SSSR count). The normalized spacial score (nSPS) is 8.53. The zero-order chi connectivity index (χ0) is 13.0. The molecule has 0 saturated carbocycles. The van der Waals surface area contributed by atoms with Gasteiger partial charge in [-0.25, -0.2) is 0 Å². The molecule has 0 aliphatic carbocycles. The van der Waals surface area contributed by atoms with Crippen LogP contribution in [0.2, 0.25) is 0 Å². The van der Waals surface area contributed by atoms with Crippen molar-refractivity contribution in [1.82, 2.24) is 0 Å². The monoisotopic (exact) mass is 321 g/mol. The first-order valence-electron chi connectivity index (χ1n) is 2.00. The van der Waals surface area contributed by atoms with Gasteiger partial charge in [0.1, 0.15) is 0 Å². The number of hydrazine groups is 2. The van der Waals surface area contributed by atoms with Crippen LogP contribution < -0.4 is 23.4 Å². The summed E-state index contributed by atoms with van der Waals surface area (Å²) in [4.78, 5) is 0. The molecule has 0 aromatic rings. The third kappa shape index (κ3) is 209000. The average Bonchev–Trinajstić information content (AvgIpc) is 1.88. The largest absolute Gasteiger partial charge is 2.00 e. The van der Waals surface area contributed by atoms with Crippen LogP contribution in [-0.2, 0) is 37.9 Å². The van der Waals surface area contributed by atoms with Crippen LogP contribution in [0.1, 0.15) is 2.85 Å². The van der Waals surface area contributed by atoms with E-state index in [1.807, 2.05) is 0 Å². The summed E-state index contributed by atoms with van der Waals surface area (Å²) in [6.45, 7) is 0. The van der Waals surface area contributed by atoms with E-state index in [1.54, 1.807) is 0 Å². The summed E-state index contributed by atoms with van der Waals surface area (Å²) in [5.74, 6) is 16.0. The molecular weight excluding hydrogens is 312 g/mol. The van der Waals surface area contributed by atoms with Crippen molar-refractivity contribution in [2.24, 2.45) is 23.4 Å². The Kier molecular flexibility index (Phi) is 32.4. The van der Waals surface area contributed by atoms with Crippen molar-refractivity contribution in [3.8, 4) is 0 Å². The molecule has 0 amide bonds.